The summed E-state index contributed by atoms with van der Waals surface area (Å²) < 4.78 is 28.5. The maximum absolute atomic E-state index is 13.1. The van der Waals surface area contributed by atoms with E-state index in [2.05, 4.69) is 20.0 Å². The van der Waals surface area contributed by atoms with Crippen LogP contribution in [0.4, 0.5) is 11.4 Å². The quantitative estimate of drug-likeness (QED) is 0.0800. The van der Waals surface area contributed by atoms with Crippen LogP contribution in [0.3, 0.4) is 0 Å². The summed E-state index contributed by atoms with van der Waals surface area (Å²) >= 11 is 12.8. The first-order valence-electron chi connectivity index (χ1n) is 12.2. The highest BCUT2D eigenvalue weighted by atomic mass is 35.5. The number of H-pyrrole nitrogens is 1. The molecule has 42 heavy (non-hydrogen) atoms. The molecule has 0 bridgehead atoms. The number of amides is 2. The van der Waals surface area contributed by atoms with E-state index in [4.69, 9.17) is 28.4 Å². The molecule has 0 aliphatic heterocycles. The number of para-hydroxylation sites is 2. The number of halogens is 2. The Morgan fingerprint density at radius 3 is 2.45 bits per heavy atom. The number of aromatic amines is 1. The van der Waals surface area contributed by atoms with Crippen LogP contribution in [0.2, 0.25) is 10.0 Å². The van der Waals surface area contributed by atoms with Crippen LogP contribution in [0.15, 0.2) is 95.9 Å². The molecular formula is C29H21Cl2N5O5S. The van der Waals surface area contributed by atoms with Gasteiger partial charge in [-0.05, 0) is 72.3 Å². The van der Waals surface area contributed by atoms with Gasteiger partial charge in [0, 0.05) is 23.0 Å². The summed E-state index contributed by atoms with van der Waals surface area (Å²) in [6.45, 7) is 0. The number of hydrogen-bond donors (Lipinski definition) is 5. The van der Waals surface area contributed by atoms with Gasteiger partial charge in [-0.2, -0.15) is 0 Å². The van der Waals surface area contributed by atoms with Crippen molar-refractivity contribution in [1.82, 2.24) is 15.4 Å². The van der Waals surface area contributed by atoms with Crippen LogP contribution in [-0.2, 0) is 14.8 Å². The first-order chi connectivity index (χ1) is 20.1. The molecule has 0 unspecified atom stereocenters. The molecule has 5 N–H and O–H groups in total. The first kappa shape index (κ1) is 28.8. The summed E-state index contributed by atoms with van der Waals surface area (Å²) in [5, 5.41) is 11.7. The molecule has 0 fully saturated rings. The number of anilines is 2. The number of sulfonamides is 1. The summed E-state index contributed by atoms with van der Waals surface area (Å²) in [6, 6.07) is 22.5. The van der Waals surface area contributed by atoms with Gasteiger partial charge in [0.05, 0.1) is 31.5 Å². The Balaban J connectivity index is 1.33. The van der Waals surface area contributed by atoms with Crippen molar-refractivity contribution in [1.29, 1.82) is 0 Å². The maximum atomic E-state index is 13.1. The number of carbonyl (C=O) groups excluding carboxylic acids is 2. The van der Waals surface area contributed by atoms with Crippen LogP contribution in [0.25, 0.3) is 28.5 Å². The number of imidazole rings is 1. The van der Waals surface area contributed by atoms with Gasteiger partial charge < -0.3 is 10.3 Å². The zero-order valence-corrected chi connectivity index (χ0v) is 23.8. The van der Waals surface area contributed by atoms with Gasteiger partial charge in [-0.3, -0.25) is 19.5 Å². The average Bonchev–Trinajstić information content (AvgIpc) is 3.41. The van der Waals surface area contributed by atoms with Gasteiger partial charge in [0.15, 0.2) is 0 Å². The van der Waals surface area contributed by atoms with Gasteiger partial charge in [0.1, 0.15) is 5.82 Å². The van der Waals surface area contributed by atoms with Crippen molar-refractivity contribution in [3.63, 3.8) is 0 Å². The summed E-state index contributed by atoms with van der Waals surface area (Å²) in [6.07, 6.45) is 2.48. The lowest BCUT2D eigenvalue weighted by molar-refractivity contribution is -0.124. The molecule has 0 saturated carbocycles. The molecule has 212 valence electrons. The zero-order valence-electron chi connectivity index (χ0n) is 21.4. The molecule has 1 aromatic heterocycles. The third-order valence-corrected chi connectivity index (χ3v) is 8.06. The lowest BCUT2D eigenvalue weighted by Crippen LogP contribution is -2.15. The van der Waals surface area contributed by atoms with E-state index in [9.17, 15) is 18.0 Å². The second-order valence-electron chi connectivity index (χ2n) is 8.93. The van der Waals surface area contributed by atoms with Crippen molar-refractivity contribution in [2.75, 3.05) is 10.0 Å². The van der Waals surface area contributed by atoms with Crippen molar-refractivity contribution < 1.29 is 23.2 Å². The Morgan fingerprint density at radius 1 is 0.881 bits per heavy atom. The first-order valence-corrected chi connectivity index (χ1v) is 14.5. The van der Waals surface area contributed by atoms with Crippen LogP contribution < -0.4 is 15.5 Å². The van der Waals surface area contributed by atoms with Gasteiger partial charge in [-0.1, -0.05) is 47.5 Å². The topological polar surface area (TPSA) is 153 Å². The molecule has 0 atom stereocenters. The van der Waals surface area contributed by atoms with E-state index in [1.807, 2.05) is 24.3 Å². The van der Waals surface area contributed by atoms with E-state index < -0.39 is 21.8 Å². The van der Waals surface area contributed by atoms with Crippen LogP contribution in [0.5, 0.6) is 0 Å². The molecule has 0 spiro atoms. The van der Waals surface area contributed by atoms with E-state index in [0.717, 1.165) is 17.1 Å². The minimum Gasteiger partial charge on any atom is -0.338 e. The molecule has 0 aliphatic carbocycles. The molecule has 5 rings (SSSR count). The van der Waals surface area contributed by atoms with Gasteiger partial charge in [-0.25, -0.2) is 18.9 Å². The third-order valence-electron chi connectivity index (χ3n) is 6.04. The number of carbonyl (C=O) groups is 2. The van der Waals surface area contributed by atoms with Crippen molar-refractivity contribution in [2.24, 2.45) is 0 Å². The summed E-state index contributed by atoms with van der Waals surface area (Å²) in [5.41, 5.74) is 4.89. The predicted octanol–water partition coefficient (Wildman–Crippen LogP) is 6.11. The van der Waals surface area contributed by atoms with Gasteiger partial charge in [0.25, 0.3) is 21.8 Å². The zero-order chi connectivity index (χ0) is 29.9. The second kappa shape index (κ2) is 12.0. The number of rotatable bonds is 8. The van der Waals surface area contributed by atoms with Crippen LogP contribution in [-0.4, -0.2) is 35.4 Å². The summed E-state index contributed by atoms with van der Waals surface area (Å²) in [4.78, 5) is 31.9. The fraction of sp³-hybridized carbons (Fsp3) is 0. The summed E-state index contributed by atoms with van der Waals surface area (Å²) in [5.74, 6) is -0.752. The van der Waals surface area contributed by atoms with E-state index in [1.54, 1.807) is 30.3 Å². The smallest absolute Gasteiger partial charge is 0.267 e. The molecule has 2 amide bonds. The molecule has 0 aliphatic rings. The van der Waals surface area contributed by atoms with E-state index >= 15 is 0 Å². The van der Waals surface area contributed by atoms with Crippen molar-refractivity contribution in [3.05, 3.63) is 112 Å². The van der Waals surface area contributed by atoms with Crippen molar-refractivity contribution in [3.8, 4) is 11.4 Å². The van der Waals surface area contributed by atoms with Crippen LogP contribution in [0, 0.1) is 0 Å². The Labute approximate surface area is 250 Å². The van der Waals surface area contributed by atoms with Crippen LogP contribution in [0.1, 0.15) is 15.9 Å². The molecule has 1 heterocycles. The van der Waals surface area contributed by atoms with E-state index in [1.165, 1.54) is 41.9 Å². The van der Waals surface area contributed by atoms with Gasteiger partial charge in [0.2, 0.25) is 0 Å². The Morgan fingerprint density at radius 2 is 1.69 bits per heavy atom. The highest BCUT2D eigenvalue weighted by Gasteiger charge is 2.19. The summed E-state index contributed by atoms with van der Waals surface area (Å²) in [7, 11) is -4.08. The lowest BCUT2D eigenvalue weighted by atomic mass is 10.1. The fourth-order valence-electron chi connectivity index (χ4n) is 4.04. The Bertz CT molecular complexity index is 1940. The highest BCUT2D eigenvalue weighted by molar-refractivity contribution is 7.92. The number of nitrogens with one attached hydrogen (secondary N) is 4. The Hall–Kier alpha value is -4.68. The van der Waals surface area contributed by atoms with Crippen molar-refractivity contribution >= 4 is 73.5 Å². The molecule has 0 saturated heterocycles. The minimum absolute atomic E-state index is 0.0603. The average molecular weight is 622 g/mol. The molecule has 5 aromatic rings. The van der Waals surface area contributed by atoms with Crippen LogP contribution >= 0.6 is 23.2 Å². The molecule has 13 heteroatoms. The number of benzene rings is 4. The van der Waals surface area contributed by atoms with E-state index in [0.29, 0.717) is 27.7 Å². The maximum Gasteiger partial charge on any atom is 0.267 e. The second-order valence-corrected chi connectivity index (χ2v) is 11.4. The molecular weight excluding hydrogens is 601 g/mol. The Kier molecular flexibility index (Phi) is 8.27. The number of aromatic nitrogens is 2. The monoisotopic (exact) mass is 621 g/mol. The van der Waals surface area contributed by atoms with Gasteiger partial charge in [-0.15, -0.1) is 0 Å². The third kappa shape index (κ3) is 6.45. The SMILES string of the molecule is O=C(/C=C/c1cccc(NS(=O)(=O)c2ccc(C(=O)Nc3ccc(Cl)c(-c4nc5ccccc5[nH]4)c3)c(Cl)c2)c1)NO. The van der Waals surface area contributed by atoms with Crippen molar-refractivity contribution in [2.45, 2.75) is 4.90 Å². The number of hydroxylamine groups is 1. The fourth-order valence-corrected chi connectivity index (χ4v) is 5.65. The van der Waals surface area contributed by atoms with E-state index in [-0.39, 0.29) is 21.2 Å². The largest absolute Gasteiger partial charge is 0.338 e. The molecule has 4 aromatic carbocycles. The number of fused-ring (bicyclic) bond motifs is 1. The minimum atomic E-state index is -4.08. The predicted molar refractivity (Wildman–Crippen MR) is 162 cm³/mol. The van der Waals surface area contributed by atoms with Gasteiger partial charge >= 0.3 is 0 Å². The number of nitrogens with zero attached hydrogens (tertiary/aromatic N) is 1. The highest BCUT2D eigenvalue weighted by Crippen LogP contribution is 2.31. The molecule has 10 nitrogen and oxygen atoms in total. The standard InChI is InChI=1S/C29H21Cl2N5O5S/c30-23-12-9-18(15-22(23)28-33-25-6-1-2-7-26(25)34-28)32-29(38)21-11-10-20(16-24(21)31)42(40,41)36-19-5-3-4-17(14-19)8-13-27(37)35-39/h1-16,36,39H,(H,32,38)(H,33,34)(H,35,37)/b13-8+. The molecule has 0 radical (unpaired) electrons. The number of hydrogen-bond acceptors (Lipinski definition) is 6. The normalized spacial score (nSPS) is 11.5. The lowest BCUT2D eigenvalue weighted by Gasteiger charge is -2.12.